The third kappa shape index (κ3) is 4.24. The summed E-state index contributed by atoms with van der Waals surface area (Å²) in [6.07, 6.45) is 2.22. The van der Waals surface area contributed by atoms with Crippen molar-refractivity contribution in [3.05, 3.63) is 69.4 Å². The van der Waals surface area contributed by atoms with Crippen LogP contribution in [0, 0.1) is 12.3 Å². The van der Waals surface area contributed by atoms with Gasteiger partial charge in [-0.2, -0.15) is 0 Å². The summed E-state index contributed by atoms with van der Waals surface area (Å²) >= 11 is 0. The van der Waals surface area contributed by atoms with Gasteiger partial charge in [-0.25, -0.2) is 4.79 Å². The van der Waals surface area contributed by atoms with E-state index in [0.717, 1.165) is 36.9 Å². The first kappa shape index (κ1) is 24.3. The fourth-order valence-corrected chi connectivity index (χ4v) is 5.80. The third-order valence-corrected chi connectivity index (χ3v) is 7.98. The number of benzene rings is 2. The molecule has 3 aromatic rings. The number of nitrogens with one attached hydrogen (secondary N) is 1. The van der Waals surface area contributed by atoms with Crippen molar-refractivity contribution >= 4 is 28.5 Å². The molecule has 2 fully saturated rings. The van der Waals surface area contributed by atoms with E-state index in [0.29, 0.717) is 35.6 Å². The van der Waals surface area contributed by atoms with E-state index in [-0.39, 0.29) is 22.4 Å². The minimum absolute atomic E-state index is 0.0966. The lowest BCUT2D eigenvalue weighted by Gasteiger charge is -2.42. The number of hydrogen-bond acceptors (Lipinski definition) is 7. The van der Waals surface area contributed by atoms with Gasteiger partial charge in [0.15, 0.2) is 11.3 Å². The normalized spacial score (nSPS) is 20.7. The van der Waals surface area contributed by atoms with Crippen LogP contribution >= 0.6 is 0 Å². The highest BCUT2D eigenvalue weighted by Gasteiger charge is 2.47. The van der Waals surface area contributed by atoms with Gasteiger partial charge in [-0.3, -0.25) is 9.69 Å². The second kappa shape index (κ2) is 9.26. The first-order chi connectivity index (χ1) is 17.2. The number of hydrogen-bond donors (Lipinski definition) is 3. The molecule has 3 heterocycles. The van der Waals surface area contributed by atoms with Crippen LogP contribution in [0.3, 0.4) is 0 Å². The van der Waals surface area contributed by atoms with Crippen molar-refractivity contribution in [2.45, 2.75) is 45.4 Å². The highest BCUT2D eigenvalue weighted by atomic mass is 16.4. The quantitative estimate of drug-likeness (QED) is 0.487. The van der Waals surface area contributed by atoms with Gasteiger partial charge in [0.25, 0.3) is 0 Å². The number of para-hydroxylation sites is 1. The van der Waals surface area contributed by atoms with Crippen molar-refractivity contribution in [3.8, 4) is 0 Å². The van der Waals surface area contributed by atoms with E-state index in [9.17, 15) is 19.8 Å². The molecular weight excluding hydrogens is 458 g/mol. The summed E-state index contributed by atoms with van der Waals surface area (Å²) in [7, 11) is 1.96. The van der Waals surface area contributed by atoms with Gasteiger partial charge in [-0.05, 0) is 63.9 Å². The van der Waals surface area contributed by atoms with Crippen molar-refractivity contribution in [3.63, 3.8) is 0 Å². The molecule has 2 saturated heterocycles. The molecule has 2 unspecified atom stereocenters. The Balaban J connectivity index is 1.47. The molecule has 2 aliphatic heterocycles. The molecule has 2 aliphatic rings. The second-order valence-corrected chi connectivity index (χ2v) is 10.4. The first-order valence-electron chi connectivity index (χ1n) is 12.5. The molecule has 0 radical (unpaired) electrons. The van der Waals surface area contributed by atoms with E-state index in [1.54, 1.807) is 30.3 Å². The summed E-state index contributed by atoms with van der Waals surface area (Å²) in [5.74, 6) is -0.471. The van der Waals surface area contributed by atoms with Gasteiger partial charge in [-0.1, -0.05) is 18.2 Å². The lowest BCUT2D eigenvalue weighted by Crippen LogP contribution is -2.46. The number of carbonyl (C=O) groups is 1. The van der Waals surface area contributed by atoms with E-state index < -0.39 is 12.2 Å². The monoisotopic (exact) mass is 491 g/mol. The van der Waals surface area contributed by atoms with Gasteiger partial charge < -0.3 is 24.8 Å². The Morgan fingerprint density at radius 3 is 2.50 bits per heavy atom. The lowest BCUT2D eigenvalue weighted by molar-refractivity contribution is -0.0409. The summed E-state index contributed by atoms with van der Waals surface area (Å²) in [6, 6.07) is 11.9. The van der Waals surface area contributed by atoms with E-state index >= 15 is 0 Å². The number of piperidine rings is 1. The van der Waals surface area contributed by atoms with Crippen LogP contribution in [0.2, 0.25) is 0 Å². The van der Waals surface area contributed by atoms with Crippen LogP contribution in [-0.4, -0.2) is 54.0 Å². The third-order valence-electron chi connectivity index (χ3n) is 7.98. The highest BCUT2D eigenvalue weighted by molar-refractivity contribution is 5.94. The van der Waals surface area contributed by atoms with Crippen molar-refractivity contribution in [1.29, 1.82) is 0 Å². The number of aliphatic hydroxyl groups is 1. The molecule has 5 rings (SSSR count). The van der Waals surface area contributed by atoms with Crippen LogP contribution in [0.4, 0.5) is 11.6 Å². The number of aryl methyl sites for hydroxylation is 1. The fraction of sp³-hybridized carbons (Fsp3) is 0.429. The zero-order chi connectivity index (χ0) is 25.6. The number of rotatable bonds is 5. The minimum atomic E-state index is -1.00. The average Bonchev–Trinajstić information content (AvgIpc) is 3.13. The van der Waals surface area contributed by atoms with Gasteiger partial charge in [0, 0.05) is 42.4 Å². The van der Waals surface area contributed by atoms with Gasteiger partial charge in [0.1, 0.15) is 11.8 Å². The SMILES string of the molecule is Cc1cc(C(C)Nc2ccccc2C(=O)O)c2oc(N3CCC4(CC3)CCN(C)C4O)cc(=O)c2c1. The summed E-state index contributed by atoms with van der Waals surface area (Å²) in [5.41, 5.74) is 2.73. The predicted octanol–water partition coefficient (Wildman–Crippen LogP) is 4.21. The molecule has 36 heavy (non-hydrogen) atoms. The topological polar surface area (TPSA) is 106 Å². The Hall–Kier alpha value is -3.36. The molecule has 190 valence electrons. The van der Waals surface area contributed by atoms with Crippen LogP contribution in [-0.2, 0) is 0 Å². The zero-order valence-electron chi connectivity index (χ0n) is 21.0. The minimum Gasteiger partial charge on any atom is -0.478 e. The molecule has 2 atom stereocenters. The van der Waals surface area contributed by atoms with Gasteiger partial charge in [0.2, 0.25) is 0 Å². The van der Waals surface area contributed by atoms with Gasteiger partial charge in [0.05, 0.1) is 17.0 Å². The van der Waals surface area contributed by atoms with Crippen LogP contribution in [0.5, 0.6) is 0 Å². The van der Waals surface area contributed by atoms with Crippen molar-refractivity contribution < 1.29 is 19.4 Å². The second-order valence-electron chi connectivity index (χ2n) is 10.4. The Kier molecular flexibility index (Phi) is 6.26. The molecule has 0 saturated carbocycles. The molecule has 0 aliphatic carbocycles. The van der Waals surface area contributed by atoms with Crippen LogP contribution < -0.4 is 15.6 Å². The maximum Gasteiger partial charge on any atom is 0.337 e. The fourth-order valence-electron chi connectivity index (χ4n) is 5.80. The maximum absolute atomic E-state index is 13.2. The van der Waals surface area contributed by atoms with Gasteiger partial charge in [-0.15, -0.1) is 0 Å². The van der Waals surface area contributed by atoms with E-state index in [1.807, 2.05) is 37.9 Å². The van der Waals surface area contributed by atoms with Crippen molar-refractivity contribution in [1.82, 2.24) is 4.90 Å². The largest absolute Gasteiger partial charge is 0.478 e. The van der Waals surface area contributed by atoms with Crippen molar-refractivity contribution in [2.75, 3.05) is 36.9 Å². The number of aliphatic hydroxyl groups excluding tert-OH is 1. The maximum atomic E-state index is 13.2. The Morgan fingerprint density at radius 2 is 1.83 bits per heavy atom. The van der Waals surface area contributed by atoms with E-state index in [1.165, 1.54) is 0 Å². The molecule has 0 bridgehead atoms. The molecular formula is C28H33N3O5. The molecule has 8 nitrogen and oxygen atoms in total. The average molecular weight is 492 g/mol. The Labute approximate surface area is 210 Å². The first-order valence-corrected chi connectivity index (χ1v) is 12.5. The Morgan fingerprint density at radius 1 is 1.14 bits per heavy atom. The molecule has 1 aromatic heterocycles. The smallest absolute Gasteiger partial charge is 0.337 e. The predicted molar refractivity (Wildman–Crippen MR) is 140 cm³/mol. The summed E-state index contributed by atoms with van der Waals surface area (Å²) in [6.45, 7) is 6.18. The number of nitrogens with zero attached hydrogens (tertiary/aromatic N) is 2. The lowest BCUT2D eigenvalue weighted by atomic mass is 9.76. The summed E-state index contributed by atoms with van der Waals surface area (Å²) < 4.78 is 6.40. The molecule has 2 aromatic carbocycles. The standard InChI is InChI=1S/C28H33N3O5/c1-17-14-20(18(2)29-22-7-5-4-6-19(22)26(33)34)25-21(15-17)23(32)16-24(36-25)31-12-9-28(10-13-31)8-11-30(3)27(28)35/h4-7,14-16,18,27,29,35H,8-13H2,1-3H3,(H,33,34). The molecule has 8 heteroatoms. The number of carboxylic acid groups (broad SMARTS) is 1. The van der Waals surface area contributed by atoms with Crippen molar-refractivity contribution in [2.24, 2.45) is 5.41 Å². The summed E-state index contributed by atoms with van der Waals surface area (Å²) in [5, 5.41) is 24.1. The van der Waals surface area contributed by atoms with Crippen LogP contribution in [0.25, 0.3) is 11.0 Å². The van der Waals surface area contributed by atoms with Crippen LogP contribution in [0.15, 0.2) is 51.7 Å². The van der Waals surface area contributed by atoms with Gasteiger partial charge >= 0.3 is 5.97 Å². The number of likely N-dealkylation sites (tertiary alicyclic amines) is 1. The highest BCUT2D eigenvalue weighted by Crippen LogP contribution is 2.44. The number of aromatic carboxylic acids is 1. The number of anilines is 2. The summed E-state index contributed by atoms with van der Waals surface area (Å²) in [4.78, 5) is 29.0. The number of fused-ring (bicyclic) bond motifs is 1. The Bertz CT molecular complexity index is 1360. The van der Waals surface area contributed by atoms with E-state index in [4.69, 9.17) is 4.42 Å². The van der Waals surface area contributed by atoms with E-state index in [2.05, 4.69) is 10.2 Å². The molecule has 3 N–H and O–H groups in total. The molecule has 1 spiro atoms. The zero-order valence-corrected chi connectivity index (χ0v) is 21.0. The number of carboxylic acids is 1. The molecule has 0 amide bonds. The van der Waals surface area contributed by atoms with Crippen LogP contribution in [0.1, 0.15) is 53.7 Å².